The second-order valence-electron chi connectivity index (χ2n) is 21.0. The highest BCUT2D eigenvalue weighted by Gasteiger charge is 2.51. The summed E-state index contributed by atoms with van der Waals surface area (Å²) in [7, 11) is 1.49. The second-order valence-corrected chi connectivity index (χ2v) is 21.3. The van der Waals surface area contributed by atoms with E-state index in [1.807, 2.05) is 42.2 Å². The number of carbonyl (C=O) groups excluding carboxylic acids is 4. The molecular weight excluding hydrogens is 1030 g/mol. The van der Waals surface area contributed by atoms with Gasteiger partial charge < -0.3 is 35.4 Å². The number of hydrogen-bond donors (Lipinski definition) is 4. The molecule has 5 aromatic rings. The van der Waals surface area contributed by atoms with Gasteiger partial charge in [0.25, 0.3) is 5.92 Å². The number of carbonyl (C=O) groups is 4. The number of fused-ring (bicyclic) bond motifs is 2. The third-order valence-electron chi connectivity index (χ3n) is 16.5. The van der Waals surface area contributed by atoms with Crippen LogP contribution in [-0.2, 0) is 22.2 Å². The fourth-order valence-corrected chi connectivity index (χ4v) is 12.6. The normalized spacial score (nSPS) is 24.0. The number of amides is 5. The number of nitrogens with one attached hydrogen (secondary N) is 2. The van der Waals surface area contributed by atoms with E-state index in [0.717, 1.165) is 12.1 Å². The largest absolute Gasteiger partial charge is 0.488 e. The van der Waals surface area contributed by atoms with E-state index in [1.54, 1.807) is 0 Å². The number of aliphatic hydroxyl groups excluding tert-OH is 1. The SMILES string of the molecule is C[C@H]1c2c(cc(F)c(Cl)c2-c2c(C(N)=O)ccc(OCCO)c2F)O[C@]1(CNC1CCC(C(=O)N2CC[C@H](CN3CCC(c4c(F)cc5c(N6CCC(=O)NC6=O)nn(C)c5c4F)CC3)C(F)(F)C2)CC1)c1ccccc1. The molecule has 410 valence electrons. The van der Waals surface area contributed by atoms with Crippen molar-refractivity contribution in [3.05, 3.63) is 105 Å². The van der Waals surface area contributed by atoms with Crippen molar-refractivity contribution in [1.29, 1.82) is 0 Å². The zero-order valence-corrected chi connectivity index (χ0v) is 43.2. The maximum absolute atomic E-state index is 16.5. The number of halogens is 7. The third kappa shape index (κ3) is 9.96. The van der Waals surface area contributed by atoms with E-state index in [1.165, 1.54) is 33.7 Å². The van der Waals surface area contributed by atoms with Gasteiger partial charge in [-0.3, -0.25) is 29.3 Å². The summed E-state index contributed by atoms with van der Waals surface area (Å²) in [6, 6.07) is 13.1. The number of hydrogen-bond acceptors (Lipinski definition) is 10. The Bertz CT molecular complexity index is 3130. The number of imide groups is 1. The minimum absolute atomic E-state index is 0.00580. The quantitative estimate of drug-likeness (QED) is 0.0790. The highest BCUT2D eigenvalue weighted by atomic mass is 35.5. The predicted octanol–water partition coefficient (Wildman–Crippen LogP) is 8.27. The highest BCUT2D eigenvalue weighted by molar-refractivity contribution is 6.34. The lowest BCUT2D eigenvalue weighted by Crippen LogP contribution is -2.55. The van der Waals surface area contributed by atoms with E-state index < -0.39 is 94.5 Å². The number of aryl methyl sites for hydroxylation is 1. The Morgan fingerprint density at radius 1 is 0.922 bits per heavy atom. The van der Waals surface area contributed by atoms with E-state index in [-0.39, 0.29) is 108 Å². The van der Waals surface area contributed by atoms with Gasteiger partial charge in [-0.25, -0.2) is 31.1 Å². The van der Waals surface area contributed by atoms with E-state index in [0.29, 0.717) is 62.7 Å². The molecule has 4 aliphatic heterocycles. The number of aromatic nitrogens is 2. The Balaban J connectivity index is 0.760. The number of anilines is 1. The number of primary amides is 1. The van der Waals surface area contributed by atoms with Crippen LogP contribution in [0.4, 0.5) is 37.0 Å². The van der Waals surface area contributed by atoms with Crippen molar-refractivity contribution in [3.8, 4) is 22.6 Å². The van der Waals surface area contributed by atoms with Crippen LogP contribution in [0.3, 0.4) is 0 Å². The van der Waals surface area contributed by atoms with Gasteiger partial charge in [0.1, 0.15) is 29.5 Å². The zero-order valence-electron chi connectivity index (χ0n) is 42.5. The minimum Gasteiger partial charge on any atom is -0.488 e. The number of aliphatic hydroxyl groups is 1. The number of rotatable bonds is 14. The van der Waals surface area contributed by atoms with Crippen LogP contribution in [0.2, 0.25) is 5.02 Å². The summed E-state index contributed by atoms with van der Waals surface area (Å²) in [4.78, 5) is 55.3. The van der Waals surface area contributed by atoms with Crippen molar-refractivity contribution in [1.82, 2.24) is 30.2 Å². The average Bonchev–Trinajstić information content (AvgIpc) is 3.93. The van der Waals surface area contributed by atoms with Gasteiger partial charge in [0.05, 0.1) is 29.1 Å². The first-order chi connectivity index (χ1) is 36.8. The summed E-state index contributed by atoms with van der Waals surface area (Å²) in [6.07, 6.45) is 2.69. The Morgan fingerprint density at radius 3 is 2.32 bits per heavy atom. The van der Waals surface area contributed by atoms with Gasteiger partial charge in [-0.15, -0.1) is 0 Å². The molecule has 5 amide bonds. The summed E-state index contributed by atoms with van der Waals surface area (Å²) < 4.78 is 110. The van der Waals surface area contributed by atoms with Crippen molar-refractivity contribution in [2.24, 2.45) is 24.6 Å². The molecule has 5 aliphatic rings. The summed E-state index contributed by atoms with van der Waals surface area (Å²) in [5, 5.41) is 19.1. The highest BCUT2D eigenvalue weighted by Crippen LogP contribution is 2.57. The molecule has 77 heavy (non-hydrogen) atoms. The molecule has 0 bridgehead atoms. The van der Waals surface area contributed by atoms with Crippen LogP contribution in [0.5, 0.6) is 11.5 Å². The van der Waals surface area contributed by atoms with Crippen LogP contribution in [-0.4, -0.2) is 119 Å². The summed E-state index contributed by atoms with van der Waals surface area (Å²) in [6.45, 7) is 1.51. The number of nitrogens with zero attached hydrogens (tertiary/aromatic N) is 5. The Labute approximate surface area is 444 Å². The van der Waals surface area contributed by atoms with Crippen molar-refractivity contribution in [2.45, 2.75) is 87.7 Å². The molecule has 4 fully saturated rings. The second kappa shape index (κ2) is 21.4. The van der Waals surface area contributed by atoms with Gasteiger partial charge in [-0.05, 0) is 87.7 Å². The molecule has 1 aromatic heterocycles. The lowest BCUT2D eigenvalue weighted by atomic mass is 9.77. The average molecular weight is 1090 g/mol. The first-order valence-electron chi connectivity index (χ1n) is 26.0. The first-order valence-corrected chi connectivity index (χ1v) is 26.4. The molecule has 10 rings (SSSR count). The van der Waals surface area contributed by atoms with E-state index in [2.05, 4.69) is 15.7 Å². The summed E-state index contributed by atoms with van der Waals surface area (Å²) in [5.74, 6) is -11.4. The maximum atomic E-state index is 16.5. The van der Waals surface area contributed by atoms with Gasteiger partial charge in [0.2, 0.25) is 17.7 Å². The number of benzene rings is 4. The van der Waals surface area contributed by atoms with Crippen molar-refractivity contribution < 1.29 is 60.1 Å². The zero-order chi connectivity index (χ0) is 54.7. The van der Waals surface area contributed by atoms with Gasteiger partial charge in [-0.2, -0.15) is 5.10 Å². The number of piperidine rings is 2. The maximum Gasteiger partial charge on any atom is 0.329 e. The number of ether oxygens (including phenoxy) is 2. The first kappa shape index (κ1) is 54.0. The fraction of sp³-hybridized carbons (Fsp3) is 0.473. The van der Waals surface area contributed by atoms with E-state index >= 15 is 26.3 Å². The number of urea groups is 1. The molecular formula is C55H59ClF6N8O7. The molecule has 15 nitrogen and oxygen atoms in total. The minimum atomic E-state index is -3.18. The summed E-state index contributed by atoms with van der Waals surface area (Å²) in [5.41, 5.74) is 4.67. The molecule has 1 aliphatic carbocycles. The van der Waals surface area contributed by atoms with Crippen LogP contribution in [0.25, 0.3) is 22.0 Å². The van der Waals surface area contributed by atoms with E-state index in [9.17, 15) is 24.3 Å². The van der Waals surface area contributed by atoms with Gasteiger partial charge >= 0.3 is 6.03 Å². The molecule has 3 atom stereocenters. The van der Waals surface area contributed by atoms with Crippen molar-refractivity contribution in [2.75, 3.05) is 63.9 Å². The topological polar surface area (TPSA) is 185 Å². The molecule has 0 spiro atoms. The standard InChI is InChI=1S/C55H59ClF6N8O7/c1-29-42-40(25-38(58)46(56)45(42)44-35(50(63)73)12-13-39(47(44)59)76-23-22-71)77-54(29,32-6-4-3-5-7-32)27-64-34-10-8-31(9-11-34)52(74)69-20-16-33(55(61,62)28-69)26-68-18-14-30(15-19-68)43-37(57)24-36-49(48(43)60)67(2)66-51(36)70-21-17-41(72)65-53(70)75/h3-7,12-13,24-25,29-31,33-34,64,71H,8-11,14-23,26-28H2,1-2H3,(H2,63,73)(H,65,72,75)/t29-,31?,33+,34?,54-/m0/s1. The van der Waals surface area contributed by atoms with Gasteiger partial charge in [0, 0.05) is 91.8 Å². The van der Waals surface area contributed by atoms with Crippen LogP contribution >= 0.6 is 11.6 Å². The van der Waals surface area contributed by atoms with Crippen molar-refractivity contribution in [3.63, 3.8) is 0 Å². The van der Waals surface area contributed by atoms with Crippen LogP contribution in [0, 0.1) is 35.1 Å². The number of likely N-dealkylation sites (tertiary alicyclic amines) is 2. The lowest BCUT2D eigenvalue weighted by Gasteiger charge is -2.43. The molecule has 0 unspecified atom stereocenters. The molecule has 0 radical (unpaired) electrons. The number of nitrogens with two attached hydrogens (primary N) is 1. The van der Waals surface area contributed by atoms with Crippen LogP contribution < -0.4 is 30.7 Å². The fourth-order valence-electron chi connectivity index (χ4n) is 12.4. The van der Waals surface area contributed by atoms with Crippen LogP contribution in [0.15, 0.2) is 54.6 Å². The molecule has 3 saturated heterocycles. The Kier molecular flexibility index (Phi) is 15.0. The third-order valence-corrected chi connectivity index (χ3v) is 16.9. The summed E-state index contributed by atoms with van der Waals surface area (Å²) >= 11 is 6.69. The molecule has 1 saturated carbocycles. The number of alkyl halides is 2. The monoisotopic (exact) mass is 1090 g/mol. The lowest BCUT2D eigenvalue weighted by molar-refractivity contribution is -0.157. The molecule has 22 heteroatoms. The Hall–Kier alpha value is -6.42. The van der Waals surface area contributed by atoms with E-state index in [4.69, 9.17) is 26.8 Å². The van der Waals surface area contributed by atoms with Crippen molar-refractivity contribution >= 4 is 52.1 Å². The van der Waals surface area contributed by atoms with Crippen LogP contribution in [0.1, 0.15) is 97.2 Å². The molecule has 5 heterocycles. The van der Waals surface area contributed by atoms with Gasteiger partial charge in [0.15, 0.2) is 28.8 Å². The Morgan fingerprint density at radius 2 is 1.65 bits per heavy atom. The molecule has 4 aromatic carbocycles. The molecule has 5 N–H and O–H groups in total. The van der Waals surface area contributed by atoms with Gasteiger partial charge in [-0.1, -0.05) is 48.9 Å². The predicted molar refractivity (Wildman–Crippen MR) is 273 cm³/mol. The smallest absolute Gasteiger partial charge is 0.329 e.